The Morgan fingerprint density at radius 2 is 1.94 bits per heavy atom. The lowest BCUT2D eigenvalue weighted by atomic mass is 10.1. The van der Waals surface area contributed by atoms with E-state index >= 15 is 0 Å². The molecule has 0 atom stereocenters. The predicted molar refractivity (Wildman–Crippen MR) is 66.7 cm³/mol. The van der Waals surface area contributed by atoms with Crippen molar-refractivity contribution >= 4 is 27.7 Å². The third kappa shape index (κ3) is 3.69. The van der Waals surface area contributed by atoms with Crippen molar-refractivity contribution in [2.75, 3.05) is 5.88 Å². The van der Waals surface area contributed by atoms with Crippen LogP contribution in [0.1, 0.15) is 17.5 Å². The quantitative estimate of drug-likeness (QED) is 0.398. The lowest BCUT2D eigenvalue weighted by Gasteiger charge is -2.10. The molecule has 0 amide bonds. The molecule has 0 saturated heterocycles. The predicted octanol–water partition coefficient (Wildman–Crippen LogP) is 2.08. The van der Waals surface area contributed by atoms with E-state index in [2.05, 4.69) is 0 Å². The van der Waals surface area contributed by atoms with Crippen LogP contribution in [0, 0.1) is 13.8 Å². The zero-order valence-electron chi connectivity index (χ0n) is 9.94. The summed E-state index contributed by atoms with van der Waals surface area (Å²) >= 11 is 5.39. The van der Waals surface area contributed by atoms with Crippen molar-refractivity contribution in [3.63, 3.8) is 0 Å². The summed E-state index contributed by atoms with van der Waals surface area (Å²) in [6.45, 7) is 3.21. The van der Waals surface area contributed by atoms with E-state index in [0.717, 1.165) is 6.07 Å². The molecule has 0 unspecified atom stereocenters. The molecule has 7 heteroatoms. The highest BCUT2D eigenvalue weighted by Gasteiger charge is 2.17. The normalized spacial score (nSPS) is 11.3. The van der Waals surface area contributed by atoms with Crippen LogP contribution in [-0.4, -0.2) is 24.8 Å². The third-order valence-corrected chi connectivity index (χ3v) is 3.46. The van der Waals surface area contributed by atoms with Gasteiger partial charge in [0.1, 0.15) is 10.6 Å². The van der Waals surface area contributed by atoms with Crippen LogP contribution in [0.3, 0.4) is 0 Å². The average molecular weight is 293 g/mol. The number of hydrogen-bond donors (Lipinski definition) is 1. The number of ether oxygens (including phenoxy) is 1. The van der Waals surface area contributed by atoms with Crippen LogP contribution in [0.4, 0.5) is 0 Å². The van der Waals surface area contributed by atoms with Gasteiger partial charge in [0.2, 0.25) is 0 Å². The van der Waals surface area contributed by atoms with Crippen LogP contribution in [0.15, 0.2) is 17.0 Å². The molecule has 1 aromatic carbocycles. The monoisotopic (exact) mass is 292 g/mol. The minimum absolute atomic E-state index is 0.0239. The second-order valence-corrected chi connectivity index (χ2v) is 5.54. The fourth-order valence-corrected chi connectivity index (χ4v) is 2.33. The summed E-state index contributed by atoms with van der Waals surface area (Å²) in [6.07, 6.45) is 0.0239. The first-order valence-corrected chi connectivity index (χ1v) is 7.08. The van der Waals surface area contributed by atoms with Gasteiger partial charge in [-0.3, -0.25) is 9.35 Å². The zero-order valence-corrected chi connectivity index (χ0v) is 11.5. The molecule has 0 aliphatic heterocycles. The van der Waals surface area contributed by atoms with Crippen LogP contribution >= 0.6 is 11.6 Å². The maximum absolute atomic E-state index is 11.3. The van der Waals surface area contributed by atoms with Gasteiger partial charge in [-0.05, 0) is 25.0 Å². The molecule has 1 rings (SSSR count). The van der Waals surface area contributed by atoms with E-state index in [-0.39, 0.29) is 22.9 Å². The second-order valence-electron chi connectivity index (χ2n) is 3.77. The van der Waals surface area contributed by atoms with Crippen LogP contribution in [-0.2, 0) is 14.9 Å². The molecule has 0 bridgehead atoms. The molecule has 0 aromatic heterocycles. The van der Waals surface area contributed by atoms with Crippen LogP contribution in [0.2, 0.25) is 0 Å². The van der Waals surface area contributed by atoms with E-state index in [1.165, 1.54) is 6.07 Å². The molecule has 0 radical (unpaired) electrons. The third-order valence-electron chi connectivity index (χ3n) is 2.27. The van der Waals surface area contributed by atoms with Crippen LogP contribution < -0.4 is 4.74 Å². The Balaban J connectivity index is 3.18. The number of carbonyl (C=O) groups excluding carboxylic acids is 1. The Morgan fingerprint density at radius 1 is 1.33 bits per heavy atom. The highest BCUT2D eigenvalue weighted by Crippen LogP contribution is 2.26. The van der Waals surface area contributed by atoms with Gasteiger partial charge in [0, 0.05) is 11.9 Å². The van der Waals surface area contributed by atoms with E-state index in [9.17, 15) is 13.2 Å². The van der Waals surface area contributed by atoms with E-state index < -0.39 is 16.1 Å². The standard InChI is InChI=1S/C11H13ClO5S/c1-7-5-8(2)10(18(14,15)16)6-9(7)17-11(13)3-4-12/h5-6H,3-4H2,1-2H3,(H,14,15,16). The van der Waals surface area contributed by atoms with Crippen molar-refractivity contribution in [3.05, 3.63) is 23.3 Å². The molecule has 0 aliphatic carbocycles. The van der Waals surface area contributed by atoms with Gasteiger partial charge in [-0.25, -0.2) is 0 Å². The smallest absolute Gasteiger partial charge is 0.312 e. The number of rotatable bonds is 4. The minimum Gasteiger partial charge on any atom is -0.426 e. The molecule has 1 aromatic rings. The maximum atomic E-state index is 11.3. The molecule has 0 heterocycles. The summed E-state index contributed by atoms with van der Waals surface area (Å²) < 4.78 is 36.3. The first kappa shape index (κ1) is 14.9. The van der Waals surface area contributed by atoms with Gasteiger partial charge in [0.15, 0.2) is 0 Å². The Labute approximate surface area is 110 Å². The van der Waals surface area contributed by atoms with Gasteiger partial charge >= 0.3 is 5.97 Å². The summed E-state index contributed by atoms with van der Waals surface area (Å²) in [5, 5.41) is 0. The number of alkyl halides is 1. The Bertz CT molecular complexity index is 565. The number of aryl methyl sites for hydroxylation is 2. The molecular weight excluding hydrogens is 280 g/mol. The van der Waals surface area contributed by atoms with Gasteiger partial charge in [0.25, 0.3) is 10.1 Å². The van der Waals surface area contributed by atoms with Crippen molar-refractivity contribution in [3.8, 4) is 5.75 Å². The summed E-state index contributed by atoms with van der Waals surface area (Å²) in [5.74, 6) is -0.337. The van der Waals surface area contributed by atoms with Gasteiger partial charge < -0.3 is 4.74 Å². The van der Waals surface area contributed by atoms with Gasteiger partial charge in [-0.2, -0.15) is 8.42 Å². The van der Waals surface area contributed by atoms with E-state index in [1.807, 2.05) is 0 Å². The van der Waals surface area contributed by atoms with Crippen molar-refractivity contribution in [2.45, 2.75) is 25.2 Å². The number of esters is 1. The number of benzene rings is 1. The van der Waals surface area contributed by atoms with Crippen molar-refractivity contribution in [1.82, 2.24) is 0 Å². The summed E-state index contributed by atoms with van der Waals surface area (Å²) in [5.41, 5.74) is 0.981. The zero-order chi connectivity index (χ0) is 13.9. The lowest BCUT2D eigenvalue weighted by molar-refractivity contribution is -0.133. The number of hydrogen-bond acceptors (Lipinski definition) is 4. The van der Waals surface area contributed by atoms with E-state index in [0.29, 0.717) is 11.1 Å². The van der Waals surface area contributed by atoms with Gasteiger partial charge in [-0.15, -0.1) is 11.6 Å². The molecule has 1 N–H and O–H groups in total. The molecular formula is C11H13ClO5S. The Hall–Kier alpha value is -1.11. The van der Waals surface area contributed by atoms with Gasteiger partial charge in [-0.1, -0.05) is 6.07 Å². The Kier molecular flexibility index (Phi) is 4.72. The molecule has 18 heavy (non-hydrogen) atoms. The highest BCUT2D eigenvalue weighted by atomic mass is 35.5. The minimum atomic E-state index is -4.34. The molecule has 5 nitrogen and oxygen atoms in total. The first-order valence-electron chi connectivity index (χ1n) is 5.11. The first-order chi connectivity index (χ1) is 8.25. The average Bonchev–Trinajstić information content (AvgIpc) is 2.20. The Morgan fingerprint density at radius 3 is 2.44 bits per heavy atom. The molecule has 0 aliphatic rings. The topological polar surface area (TPSA) is 80.7 Å². The summed E-state index contributed by atoms with van der Waals surface area (Å²) in [4.78, 5) is 11.0. The van der Waals surface area contributed by atoms with Gasteiger partial charge in [0.05, 0.1) is 6.42 Å². The molecule has 100 valence electrons. The largest absolute Gasteiger partial charge is 0.426 e. The lowest BCUT2D eigenvalue weighted by Crippen LogP contribution is -2.10. The van der Waals surface area contributed by atoms with E-state index in [1.54, 1.807) is 13.8 Å². The summed E-state index contributed by atoms with van der Waals surface area (Å²) in [7, 11) is -4.34. The number of halogens is 1. The maximum Gasteiger partial charge on any atom is 0.312 e. The molecule has 0 spiro atoms. The molecule has 0 fully saturated rings. The van der Waals surface area contributed by atoms with Crippen molar-refractivity contribution in [1.29, 1.82) is 0 Å². The summed E-state index contributed by atoms with van der Waals surface area (Å²) in [6, 6.07) is 2.65. The molecule has 0 saturated carbocycles. The van der Waals surface area contributed by atoms with Crippen LogP contribution in [0.25, 0.3) is 0 Å². The van der Waals surface area contributed by atoms with Crippen LogP contribution in [0.5, 0.6) is 5.75 Å². The SMILES string of the molecule is Cc1cc(C)c(S(=O)(=O)O)cc1OC(=O)CCCl. The fourth-order valence-electron chi connectivity index (χ4n) is 1.45. The fraction of sp³-hybridized carbons (Fsp3) is 0.364. The van der Waals surface area contributed by atoms with Crippen molar-refractivity contribution in [2.24, 2.45) is 0 Å². The highest BCUT2D eigenvalue weighted by molar-refractivity contribution is 7.85. The van der Waals surface area contributed by atoms with E-state index in [4.69, 9.17) is 20.9 Å². The second kappa shape index (κ2) is 5.69. The number of carbonyl (C=O) groups is 1. The van der Waals surface area contributed by atoms with Crippen molar-refractivity contribution < 1.29 is 22.5 Å².